The van der Waals surface area contributed by atoms with E-state index < -0.39 is 0 Å². The molecule has 126 valence electrons. The summed E-state index contributed by atoms with van der Waals surface area (Å²) >= 11 is 7.51. The van der Waals surface area contributed by atoms with Crippen molar-refractivity contribution in [1.29, 1.82) is 5.26 Å². The Balaban J connectivity index is 2.03. The van der Waals surface area contributed by atoms with E-state index in [-0.39, 0.29) is 5.56 Å². The van der Waals surface area contributed by atoms with Gasteiger partial charge in [-0.25, -0.2) is 4.98 Å². The number of nitrogens with zero attached hydrogens (tertiary/aromatic N) is 3. The Morgan fingerprint density at radius 3 is 2.84 bits per heavy atom. The van der Waals surface area contributed by atoms with E-state index in [2.05, 4.69) is 11.1 Å². The lowest BCUT2D eigenvalue weighted by Crippen LogP contribution is -2.23. The predicted molar refractivity (Wildman–Crippen MR) is 102 cm³/mol. The van der Waals surface area contributed by atoms with Gasteiger partial charge in [0.1, 0.15) is 0 Å². The number of benzene rings is 2. The highest BCUT2D eigenvalue weighted by atomic mass is 35.5. The summed E-state index contributed by atoms with van der Waals surface area (Å²) in [5.41, 5.74) is 2.11. The molecule has 0 aliphatic heterocycles. The van der Waals surface area contributed by atoms with Crippen LogP contribution in [0.4, 0.5) is 0 Å². The highest BCUT2D eigenvalue weighted by Crippen LogP contribution is 2.25. The normalized spacial score (nSPS) is 10.8. The van der Waals surface area contributed by atoms with Gasteiger partial charge in [-0.05, 0) is 36.2 Å². The topological polar surface area (TPSA) is 58.7 Å². The largest absolute Gasteiger partial charge is 0.287 e. The van der Waals surface area contributed by atoms with Crippen molar-refractivity contribution in [3.8, 4) is 6.07 Å². The molecule has 0 atom stereocenters. The first-order valence-corrected chi connectivity index (χ1v) is 9.31. The van der Waals surface area contributed by atoms with Gasteiger partial charge in [0.25, 0.3) is 5.56 Å². The number of hydrogen-bond donors (Lipinski definition) is 0. The molecule has 1 heterocycles. The Labute approximate surface area is 155 Å². The van der Waals surface area contributed by atoms with Gasteiger partial charge in [0.2, 0.25) is 0 Å². The summed E-state index contributed by atoms with van der Waals surface area (Å²) in [6.07, 6.45) is 0.836. The fourth-order valence-corrected chi connectivity index (χ4v) is 3.80. The van der Waals surface area contributed by atoms with Crippen molar-refractivity contribution in [3.63, 3.8) is 0 Å². The molecule has 6 heteroatoms. The van der Waals surface area contributed by atoms with Crippen LogP contribution in [0.3, 0.4) is 0 Å². The summed E-state index contributed by atoms with van der Waals surface area (Å²) in [6.45, 7) is 2.63. The van der Waals surface area contributed by atoms with Gasteiger partial charge in [0.15, 0.2) is 5.16 Å². The average Bonchev–Trinajstić information content (AvgIpc) is 2.62. The van der Waals surface area contributed by atoms with Crippen LogP contribution in [-0.2, 0) is 12.3 Å². The maximum absolute atomic E-state index is 12.8. The Kier molecular flexibility index (Phi) is 5.42. The van der Waals surface area contributed by atoms with Gasteiger partial charge in [-0.15, -0.1) is 0 Å². The van der Waals surface area contributed by atoms with Gasteiger partial charge in [0.05, 0.1) is 22.5 Å². The summed E-state index contributed by atoms with van der Waals surface area (Å²) in [6, 6.07) is 14.8. The molecule has 0 unspecified atom stereocenters. The van der Waals surface area contributed by atoms with Crippen molar-refractivity contribution in [2.45, 2.75) is 30.8 Å². The van der Waals surface area contributed by atoms with Gasteiger partial charge in [-0.1, -0.05) is 48.5 Å². The number of thioether (sulfide) groups is 1. The number of rotatable bonds is 5. The SMILES string of the molecule is CCCn1c(SCc2ccccc2C#N)nc2cc(Cl)ccc2c1=O. The summed E-state index contributed by atoms with van der Waals surface area (Å²) < 4.78 is 1.70. The fraction of sp³-hybridized carbons (Fsp3) is 0.211. The van der Waals surface area contributed by atoms with E-state index in [0.29, 0.717) is 38.9 Å². The molecule has 1 aromatic heterocycles. The lowest BCUT2D eigenvalue weighted by atomic mass is 10.1. The zero-order valence-corrected chi connectivity index (χ0v) is 15.3. The number of aromatic nitrogens is 2. The van der Waals surface area contributed by atoms with Crippen molar-refractivity contribution in [3.05, 3.63) is 69.0 Å². The molecule has 4 nitrogen and oxygen atoms in total. The summed E-state index contributed by atoms with van der Waals surface area (Å²) in [7, 11) is 0. The van der Waals surface area contributed by atoms with Crippen LogP contribution in [0.25, 0.3) is 10.9 Å². The van der Waals surface area contributed by atoms with E-state index in [1.54, 1.807) is 28.8 Å². The molecule has 0 aliphatic rings. The Morgan fingerprint density at radius 1 is 1.28 bits per heavy atom. The highest BCUT2D eigenvalue weighted by Gasteiger charge is 2.12. The standard InChI is InChI=1S/C19H16ClN3OS/c1-2-9-23-18(24)16-8-7-15(20)10-17(16)22-19(23)25-12-14-6-4-3-5-13(14)11-21/h3-8,10H,2,9,12H2,1H3. The van der Waals surface area contributed by atoms with E-state index in [0.717, 1.165) is 12.0 Å². The lowest BCUT2D eigenvalue weighted by Gasteiger charge is -2.12. The van der Waals surface area contributed by atoms with Gasteiger partial charge < -0.3 is 0 Å². The average molecular weight is 370 g/mol. The second-order valence-electron chi connectivity index (χ2n) is 5.57. The maximum atomic E-state index is 12.8. The zero-order valence-electron chi connectivity index (χ0n) is 13.7. The fourth-order valence-electron chi connectivity index (χ4n) is 2.60. The molecule has 3 rings (SSSR count). The minimum Gasteiger partial charge on any atom is -0.287 e. The minimum atomic E-state index is -0.0559. The second-order valence-corrected chi connectivity index (χ2v) is 6.95. The molecular weight excluding hydrogens is 354 g/mol. The first-order chi connectivity index (χ1) is 12.1. The third-order valence-electron chi connectivity index (χ3n) is 3.82. The van der Waals surface area contributed by atoms with Crippen LogP contribution in [0.1, 0.15) is 24.5 Å². The molecular formula is C19H16ClN3OS. The quantitative estimate of drug-likeness (QED) is 0.486. The second kappa shape index (κ2) is 7.73. The van der Waals surface area contributed by atoms with Gasteiger partial charge in [-0.3, -0.25) is 9.36 Å². The van der Waals surface area contributed by atoms with Crippen molar-refractivity contribution in [1.82, 2.24) is 9.55 Å². The van der Waals surface area contributed by atoms with E-state index in [9.17, 15) is 10.1 Å². The van der Waals surface area contributed by atoms with Crippen molar-refractivity contribution < 1.29 is 0 Å². The van der Waals surface area contributed by atoms with Crippen LogP contribution in [0.15, 0.2) is 52.4 Å². The minimum absolute atomic E-state index is 0.0559. The van der Waals surface area contributed by atoms with Crippen molar-refractivity contribution in [2.75, 3.05) is 0 Å². The molecule has 0 N–H and O–H groups in total. The predicted octanol–water partition coefficient (Wildman–Crippen LogP) is 4.62. The summed E-state index contributed by atoms with van der Waals surface area (Å²) in [4.78, 5) is 17.4. The molecule has 2 aromatic carbocycles. The molecule has 3 aromatic rings. The van der Waals surface area contributed by atoms with Crippen LogP contribution in [0, 0.1) is 11.3 Å². The summed E-state index contributed by atoms with van der Waals surface area (Å²) in [5.74, 6) is 0.575. The zero-order chi connectivity index (χ0) is 17.8. The number of halogens is 1. The van der Waals surface area contributed by atoms with Crippen LogP contribution >= 0.6 is 23.4 Å². The van der Waals surface area contributed by atoms with Gasteiger partial charge >= 0.3 is 0 Å². The number of nitriles is 1. The first-order valence-electron chi connectivity index (χ1n) is 7.95. The maximum Gasteiger partial charge on any atom is 0.262 e. The van der Waals surface area contributed by atoms with Crippen LogP contribution < -0.4 is 5.56 Å². The van der Waals surface area contributed by atoms with Crippen LogP contribution in [0.2, 0.25) is 5.02 Å². The Hall–Kier alpha value is -2.29. The summed E-state index contributed by atoms with van der Waals surface area (Å²) in [5, 5.41) is 11.0. The molecule has 0 saturated carbocycles. The molecule has 0 aliphatic carbocycles. The smallest absolute Gasteiger partial charge is 0.262 e. The molecule has 25 heavy (non-hydrogen) atoms. The van der Waals surface area contributed by atoms with E-state index in [1.165, 1.54) is 11.8 Å². The molecule has 0 spiro atoms. The first kappa shape index (κ1) is 17.5. The number of fused-ring (bicyclic) bond motifs is 1. The third kappa shape index (κ3) is 3.71. The third-order valence-corrected chi connectivity index (χ3v) is 5.08. The van der Waals surface area contributed by atoms with Crippen LogP contribution in [0.5, 0.6) is 0 Å². The Bertz CT molecular complexity index is 1020. The van der Waals surface area contributed by atoms with E-state index in [4.69, 9.17) is 11.6 Å². The molecule has 0 saturated heterocycles. The van der Waals surface area contributed by atoms with Gasteiger partial charge in [-0.2, -0.15) is 5.26 Å². The molecule has 0 radical (unpaired) electrons. The monoisotopic (exact) mass is 369 g/mol. The van der Waals surface area contributed by atoms with Crippen molar-refractivity contribution in [2.24, 2.45) is 0 Å². The molecule has 0 amide bonds. The van der Waals surface area contributed by atoms with Crippen LogP contribution in [-0.4, -0.2) is 9.55 Å². The number of hydrogen-bond acceptors (Lipinski definition) is 4. The Morgan fingerprint density at radius 2 is 2.08 bits per heavy atom. The van der Waals surface area contributed by atoms with E-state index in [1.807, 2.05) is 25.1 Å². The van der Waals surface area contributed by atoms with E-state index >= 15 is 0 Å². The van der Waals surface area contributed by atoms with Crippen molar-refractivity contribution >= 4 is 34.3 Å². The van der Waals surface area contributed by atoms with Gasteiger partial charge in [0, 0.05) is 17.3 Å². The highest BCUT2D eigenvalue weighted by molar-refractivity contribution is 7.98. The molecule has 0 fully saturated rings. The lowest BCUT2D eigenvalue weighted by molar-refractivity contribution is 0.585. The molecule has 0 bridgehead atoms.